The average Bonchev–Trinajstić information content (AvgIpc) is 2.48. The van der Waals surface area contributed by atoms with E-state index in [2.05, 4.69) is 0 Å². The van der Waals surface area contributed by atoms with Gasteiger partial charge in [0, 0.05) is 10.9 Å². The molecule has 1 aromatic rings. The van der Waals surface area contributed by atoms with Crippen LogP contribution in [0, 0.1) is 0 Å². The van der Waals surface area contributed by atoms with Gasteiger partial charge in [-0.1, -0.05) is 11.6 Å². The summed E-state index contributed by atoms with van der Waals surface area (Å²) in [6, 6.07) is 3.98. The Kier molecular flexibility index (Phi) is 4.89. The van der Waals surface area contributed by atoms with Crippen molar-refractivity contribution in [3.05, 3.63) is 21.3 Å². The second-order valence-electron chi connectivity index (χ2n) is 3.55. The van der Waals surface area contributed by atoms with E-state index >= 15 is 0 Å². The lowest BCUT2D eigenvalue weighted by molar-refractivity contribution is 0.0685. The number of hydrogen-bond acceptors (Lipinski definition) is 3. The summed E-state index contributed by atoms with van der Waals surface area (Å²) in [7, 11) is 0. The molecule has 0 spiro atoms. The van der Waals surface area contributed by atoms with Crippen LogP contribution in [-0.4, -0.2) is 18.8 Å². The second-order valence-corrected chi connectivity index (χ2v) is 5.35. The molecule has 0 aliphatic heterocycles. The van der Waals surface area contributed by atoms with Crippen molar-refractivity contribution in [3.63, 3.8) is 0 Å². The van der Waals surface area contributed by atoms with E-state index in [1.807, 2.05) is 26.0 Å². The Hall–Kier alpha value is -0.0900. The molecule has 80 valence electrons. The summed E-state index contributed by atoms with van der Waals surface area (Å²) in [6.07, 6.45) is 1.08. The third-order valence-electron chi connectivity index (χ3n) is 1.74. The van der Waals surface area contributed by atoms with Gasteiger partial charge < -0.3 is 10.5 Å². The summed E-state index contributed by atoms with van der Waals surface area (Å²) in [4.78, 5) is 1.22. The fourth-order valence-corrected chi connectivity index (χ4v) is 2.28. The molecule has 0 saturated carbocycles. The van der Waals surface area contributed by atoms with Gasteiger partial charge in [0.2, 0.25) is 0 Å². The van der Waals surface area contributed by atoms with Crippen molar-refractivity contribution in [1.82, 2.24) is 0 Å². The molecule has 0 radical (unpaired) electrons. The fourth-order valence-electron chi connectivity index (χ4n) is 1.09. The van der Waals surface area contributed by atoms with Crippen LogP contribution in [0.2, 0.25) is 4.34 Å². The molecule has 1 unspecified atom stereocenters. The highest BCUT2D eigenvalue weighted by Gasteiger charge is 2.07. The number of nitrogens with two attached hydrogens (primary N) is 1. The quantitative estimate of drug-likeness (QED) is 0.849. The summed E-state index contributed by atoms with van der Waals surface area (Å²) < 4.78 is 6.25. The average molecular weight is 234 g/mol. The highest BCUT2D eigenvalue weighted by Crippen LogP contribution is 2.22. The van der Waals surface area contributed by atoms with Crippen LogP contribution >= 0.6 is 22.9 Å². The molecule has 1 aromatic heterocycles. The minimum absolute atomic E-state index is 0.0621. The molecule has 2 N–H and O–H groups in total. The van der Waals surface area contributed by atoms with Crippen LogP contribution in [0.5, 0.6) is 0 Å². The summed E-state index contributed by atoms with van der Waals surface area (Å²) >= 11 is 7.40. The molecule has 14 heavy (non-hydrogen) atoms. The van der Waals surface area contributed by atoms with Crippen LogP contribution in [0.3, 0.4) is 0 Å². The normalized spacial score (nSPS) is 13.5. The van der Waals surface area contributed by atoms with E-state index in [0.717, 1.165) is 10.8 Å². The lowest BCUT2D eigenvalue weighted by Crippen LogP contribution is -2.29. The van der Waals surface area contributed by atoms with Gasteiger partial charge >= 0.3 is 0 Å². The number of halogens is 1. The van der Waals surface area contributed by atoms with E-state index < -0.39 is 0 Å². The Bertz CT molecular complexity index is 275. The molecule has 0 amide bonds. The van der Waals surface area contributed by atoms with Gasteiger partial charge in [-0.2, -0.15) is 0 Å². The Labute approximate surface area is 94.0 Å². The molecule has 0 aliphatic carbocycles. The van der Waals surface area contributed by atoms with Crippen molar-refractivity contribution in [1.29, 1.82) is 0 Å². The van der Waals surface area contributed by atoms with Gasteiger partial charge in [0.1, 0.15) is 0 Å². The van der Waals surface area contributed by atoms with E-state index in [1.165, 1.54) is 4.88 Å². The Morgan fingerprint density at radius 1 is 1.50 bits per heavy atom. The van der Waals surface area contributed by atoms with Crippen molar-refractivity contribution in [2.75, 3.05) is 6.61 Å². The number of ether oxygens (including phenoxy) is 1. The fraction of sp³-hybridized carbons (Fsp3) is 0.600. The molecule has 1 rings (SSSR count). The molecule has 1 heterocycles. The topological polar surface area (TPSA) is 35.2 Å². The second kappa shape index (κ2) is 5.71. The maximum absolute atomic E-state index is 5.90. The number of thiophene rings is 1. The highest BCUT2D eigenvalue weighted by molar-refractivity contribution is 7.16. The highest BCUT2D eigenvalue weighted by atomic mass is 35.5. The van der Waals surface area contributed by atoms with Crippen molar-refractivity contribution in [2.24, 2.45) is 5.73 Å². The maximum atomic E-state index is 5.90. The van der Waals surface area contributed by atoms with Crippen LogP contribution in [0.25, 0.3) is 0 Å². The van der Waals surface area contributed by atoms with Crippen molar-refractivity contribution >= 4 is 22.9 Å². The first-order valence-corrected chi connectivity index (χ1v) is 5.88. The Balaban J connectivity index is 2.30. The van der Waals surface area contributed by atoms with Crippen molar-refractivity contribution in [3.8, 4) is 0 Å². The molecule has 0 fully saturated rings. The predicted octanol–water partition coefficient (Wildman–Crippen LogP) is 2.70. The summed E-state index contributed by atoms with van der Waals surface area (Å²) in [5.74, 6) is 0. The summed E-state index contributed by atoms with van der Waals surface area (Å²) in [6.45, 7) is 4.62. The Morgan fingerprint density at radius 2 is 2.21 bits per heavy atom. The van der Waals surface area contributed by atoms with Gasteiger partial charge in [0.25, 0.3) is 0 Å². The third kappa shape index (κ3) is 4.42. The predicted molar refractivity (Wildman–Crippen MR) is 62.1 cm³/mol. The van der Waals surface area contributed by atoms with Crippen LogP contribution in [0.15, 0.2) is 12.1 Å². The van der Waals surface area contributed by atoms with Gasteiger partial charge in [-0.3, -0.25) is 0 Å². The van der Waals surface area contributed by atoms with Gasteiger partial charge in [0.15, 0.2) is 0 Å². The summed E-state index contributed by atoms with van der Waals surface area (Å²) in [5, 5.41) is 0. The van der Waals surface area contributed by atoms with E-state index in [-0.39, 0.29) is 12.1 Å². The smallest absolute Gasteiger partial charge is 0.0931 e. The number of rotatable bonds is 5. The third-order valence-corrected chi connectivity index (χ3v) is 2.99. The molecular weight excluding hydrogens is 218 g/mol. The molecule has 0 bridgehead atoms. The zero-order valence-electron chi connectivity index (χ0n) is 8.50. The van der Waals surface area contributed by atoms with Gasteiger partial charge in [-0.25, -0.2) is 0 Å². The van der Waals surface area contributed by atoms with Crippen molar-refractivity contribution < 1.29 is 4.74 Å². The van der Waals surface area contributed by atoms with E-state index in [9.17, 15) is 0 Å². The van der Waals surface area contributed by atoms with Crippen LogP contribution in [0.1, 0.15) is 18.7 Å². The molecule has 4 heteroatoms. The van der Waals surface area contributed by atoms with Gasteiger partial charge in [-0.05, 0) is 32.4 Å². The van der Waals surface area contributed by atoms with Crippen LogP contribution in [0.4, 0.5) is 0 Å². The minimum atomic E-state index is 0.0621. The first-order chi connectivity index (χ1) is 6.58. The largest absolute Gasteiger partial charge is 0.377 e. The van der Waals surface area contributed by atoms with E-state index in [1.54, 1.807) is 11.3 Å². The van der Waals surface area contributed by atoms with E-state index in [0.29, 0.717) is 6.61 Å². The van der Waals surface area contributed by atoms with Gasteiger partial charge in [0.05, 0.1) is 17.0 Å². The molecular formula is C10H16ClNOS. The summed E-state index contributed by atoms with van der Waals surface area (Å²) in [5.41, 5.74) is 5.90. The van der Waals surface area contributed by atoms with E-state index in [4.69, 9.17) is 22.1 Å². The molecule has 2 nitrogen and oxygen atoms in total. The molecule has 0 aliphatic rings. The lowest BCUT2D eigenvalue weighted by atomic mass is 10.2. The first-order valence-electron chi connectivity index (χ1n) is 4.69. The van der Waals surface area contributed by atoms with Gasteiger partial charge in [-0.15, -0.1) is 11.3 Å². The van der Waals surface area contributed by atoms with Crippen LogP contribution in [-0.2, 0) is 11.2 Å². The first kappa shape index (κ1) is 12.0. The monoisotopic (exact) mass is 233 g/mol. The van der Waals surface area contributed by atoms with Crippen molar-refractivity contribution in [2.45, 2.75) is 32.4 Å². The molecule has 0 aromatic carbocycles. The minimum Gasteiger partial charge on any atom is -0.377 e. The molecule has 1 atom stereocenters. The standard InChI is InChI=1S/C10H16ClNOS/c1-7(2)13-6-8(12)5-9-3-4-10(11)14-9/h3-4,7-8H,5-6,12H2,1-2H3. The SMILES string of the molecule is CC(C)OCC(N)Cc1ccc(Cl)s1. The zero-order chi connectivity index (χ0) is 10.6. The number of hydrogen-bond donors (Lipinski definition) is 1. The maximum Gasteiger partial charge on any atom is 0.0931 e. The Morgan fingerprint density at radius 3 is 2.71 bits per heavy atom. The molecule has 0 saturated heterocycles. The van der Waals surface area contributed by atoms with Crippen LogP contribution < -0.4 is 5.73 Å². The zero-order valence-corrected chi connectivity index (χ0v) is 10.1. The lowest BCUT2D eigenvalue weighted by Gasteiger charge is -2.13.